The topological polar surface area (TPSA) is 44.8 Å². The molecule has 0 saturated carbocycles. The Kier molecular flexibility index (Phi) is 3.30. The Morgan fingerprint density at radius 1 is 1.22 bits per heavy atom. The number of hydrogen-bond donors (Lipinski definition) is 0. The van der Waals surface area contributed by atoms with E-state index in [-0.39, 0.29) is 5.78 Å². The van der Waals surface area contributed by atoms with E-state index < -0.39 is 6.10 Å². The summed E-state index contributed by atoms with van der Waals surface area (Å²) in [4.78, 5) is 12.4. The van der Waals surface area contributed by atoms with E-state index in [1.165, 1.54) is 0 Å². The van der Waals surface area contributed by atoms with E-state index in [1.807, 2.05) is 18.2 Å². The van der Waals surface area contributed by atoms with Crippen molar-refractivity contribution in [2.75, 3.05) is 26.4 Å². The van der Waals surface area contributed by atoms with Crippen LogP contribution < -0.4 is 4.74 Å². The Labute approximate surface area is 106 Å². The van der Waals surface area contributed by atoms with Gasteiger partial charge in [0.05, 0.1) is 32.0 Å². The highest BCUT2D eigenvalue weighted by atomic mass is 16.6. The van der Waals surface area contributed by atoms with Gasteiger partial charge in [-0.3, -0.25) is 4.79 Å². The van der Waals surface area contributed by atoms with Gasteiger partial charge in [-0.2, -0.15) is 0 Å². The molecule has 0 N–H and O–H groups in total. The fourth-order valence-corrected chi connectivity index (χ4v) is 2.40. The van der Waals surface area contributed by atoms with E-state index in [2.05, 4.69) is 0 Å². The molecule has 0 bridgehead atoms. The lowest BCUT2D eigenvalue weighted by molar-refractivity contribution is -0.0719. The lowest BCUT2D eigenvalue weighted by Crippen LogP contribution is -2.35. The van der Waals surface area contributed by atoms with E-state index in [1.54, 1.807) is 0 Å². The zero-order chi connectivity index (χ0) is 12.4. The van der Waals surface area contributed by atoms with Crippen LogP contribution in [0.1, 0.15) is 22.3 Å². The first-order valence-corrected chi connectivity index (χ1v) is 6.34. The smallest absolute Gasteiger partial charge is 0.197 e. The summed E-state index contributed by atoms with van der Waals surface area (Å²) >= 11 is 0. The number of carbonyl (C=O) groups is 1. The fourth-order valence-electron chi connectivity index (χ4n) is 2.40. The van der Waals surface area contributed by atoms with Gasteiger partial charge in [-0.15, -0.1) is 0 Å². The predicted molar refractivity (Wildman–Crippen MR) is 65.1 cm³/mol. The van der Waals surface area contributed by atoms with Crippen LogP contribution in [0.4, 0.5) is 0 Å². The first-order chi connectivity index (χ1) is 8.86. The zero-order valence-corrected chi connectivity index (χ0v) is 10.2. The van der Waals surface area contributed by atoms with Crippen molar-refractivity contribution in [3.05, 3.63) is 29.3 Å². The molecule has 1 atom stereocenters. The van der Waals surface area contributed by atoms with Crippen molar-refractivity contribution in [3.8, 4) is 5.75 Å². The van der Waals surface area contributed by atoms with Gasteiger partial charge in [-0.1, -0.05) is 12.1 Å². The summed E-state index contributed by atoms with van der Waals surface area (Å²) in [6.07, 6.45) is 1.49. The van der Waals surface area contributed by atoms with Crippen LogP contribution in [0.25, 0.3) is 0 Å². The maximum Gasteiger partial charge on any atom is 0.197 e. The lowest BCUT2D eigenvalue weighted by atomic mass is 9.98. The molecule has 2 aliphatic heterocycles. The molecule has 4 nitrogen and oxygen atoms in total. The Morgan fingerprint density at radius 3 is 3.00 bits per heavy atom. The standard InChI is InChI=1S/C14H16O4/c15-13(12-9-16-7-8-17-12)11-5-1-3-10-4-2-6-18-14(10)11/h1,3,5,12H,2,4,6-9H2. The lowest BCUT2D eigenvalue weighted by Gasteiger charge is -2.24. The number of Topliss-reactive ketones (excluding diaryl/α,β-unsaturated/α-hetero) is 1. The Bertz CT molecular complexity index is 449. The maximum absolute atomic E-state index is 12.4. The van der Waals surface area contributed by atoms with E-state index >= 15 is 0 Å². The van der Waals surface area contributed by atoms with Crippen LogP contribution in [0.5, 0.6) is 5.75 Å². The molecule has 96 valence electrons. The predicted octanol–water partition coefficient (Wildman–Crippen LogP) is 1.61. The summed E-state index contributed by atoms with van der Waals surface area (Å²) in [5, 5.41) is 0. The molecule has 0 amide bonds. The summed E-state index contributed by atoms with van der Waals surface area (Å²) in [7, 11) is 0. The van der Waals surface area contributed by atoms with Crippen LogP contribution in [0, 0.1) is 0 Å². The largest absolute Gasteiger partial charge is 0.493 e. The number of ether oxygens (including phenoxy) is 3. The minimum atomic E-state index is -0.490. The Balaban J connectivity index is 1.89. The molecule has 1 saturated heterocycles. The van der Waals surface area contributed by atoms with Crippen molar-refractivity contribution in [1.82, 2.24) is 0 Å². The molecular weight excluding hydrogens is 232 g/mol. The van der Waals surface area contributed by atoms with Gasteiger partial charge in [0.1, 0.15) is 11.9 Å². The summed E-state index contributed by atoms with van der Waals surface area (Å²) in [5.74, 6) is 0.705. The molecule has 3 rings (SSSR count). The normalized spacial score (nSPS) is 23.0. The first-order valence-electron chi connectivity index (χ1n) is 6.34. The van der Waals surface area contributed by atoms with E-state index in [0.29, 0.717) is 32.0 Å². The van der Waals surface area contributed by atoms with Crippen LogP contribution in [0.2, 0.25) is 0 Å². The van der Waals surface area contributed by atoms with Gasteiger partial charge in [0.15, 0.2) is 5.78 Å². The molecule has 0 radical (unpaired) electrons. The van der Waals surface area contributed by atoms with Gasteiger partial charge in [0, 0.05) is 0 Å². The summed E-state index contributed by atoms with van der Waals surface area (Å²) < 4.78 is 16.4. The summed E-state index contributed by atoms with van der Waals surface area (Å²) in [6.45, 7) is 2.06. The van der Waals surface area contributed by atoms with Crippen LogP contribution in [-0.2, 0) is 15.9 Å². The second-order valence-electron chi connectivity index (χ2n) is 4.54. The van der Waals surface area contributed by atoms with E-state index in [0.717, 1.165) is 24.2 Å². The van der Waals surface area contributed by atoms with E-state index in [4.69, 9.17) is 14.2 Å². The molecule has 18 heavy (non-hydrogen) atoms. The van der Waals surface area contributed by atoms with Gasteiger partial charge in [0.2, 0.25) is 0 Å². The van der Waals surface area contributed by atoms with Crippen molar-refractivity contribution in [3.63, 3.8) is 0 Å². The van der Waals surface area contributed by atoms with Crippen molar-refractivity contribution in [2.45, 2.75) is 18.9 Å². The van der Waals surface area contributed by atoms with Gasteiger partial charge in [-0.25, -0.2) is 0 Å². The molecule has 0 aliphatic carbocycles. The highest BCUT2D eigenvalue weighted by molar-refractivity contribution is 6.02. The Morgan fingerprint density at radius 2 is 2.17 bits per heavy atom. The third-order valence-electron chi connectivity index (χ3n) is 3.31. The van der Waals surface area contributed by atoms with Crippen molar-refractivity contribution >= 4 is 5.78 Å². The van der Waals surface area contributed by atoms with Gasteiger partial charge >= 0.3 is 0 Å². The molecule has 1 aromatic rings. The zero-order valence-electron chi connectivity index (χ0n) is 10.2. The average Bonchev–Trinajstić information content (AvgIpc) is 2.47. The molecular formula is C14H16O4. The molecule has 2 heterocycles. The summed E-state index contributed by atoms with van der Waals surface area (Å²) in [6, 6.07) is 5.73. The number of carbonyl (C=O) groups excluding carboxylic acids is 1. The SMILES string of the molecule is O=C(c1cccc2c1OCCC2)C1COCCO1. The number of para-hydroxylation sites is 1. The highest BCUT2D eigenvalue weighted by Gasteiger charge is 2.28. The Hall–Kier alpha value is -1.39. The number of rotatable bonds is 2. The van der Waals surface area contributed by atoms with E-state index in [9.17, 15) is 4.79 Å². The minimum Gasteiger partial charge on any atom is -0.493 e. The van der Waals surface area contributed by atoms with Crippen LogP contribution in [0.15, 0.2) is 18.2 Å². The average molecular weight is 248 g/mol. The third kappa shape index (κ3) is 2.13. The molecule has 0 spiro atoms. The number of fused-ring (bicyclic) bond motifs is 1. The number of aryl methyl sites for hydroxylation is 1. The minimum absolute atomic E-state index is 0.0338. The highest BCUT2D eigenvalue weighted by Crippen LogP contribution is 2.30. The third-order valence-corrected chi connectivity index (χ3v) is 3.31. The van der Waals surface area contributed by atoms with Crippen LogP contribution in [-0.4, -0.2) is 38.3 Å². The maximum atomic E-state index is 12.4. The quantitative estimate of drug-likeness (QED) is 0.746. The van der Waals surface area contributed by atoms with Crippen molar-refractivity contribution in [2.24, 2.45) is 0 Å². The first kappa shape index (κ1) is 11.7. The molecule has 0 aromatic heterocycles. The van der Waals surface area contributed by atoms with Crippen LogP contribution in [0.3, 0.4) is 0 Å². The number of benzene rings is 1. The fraction of sp³-hybridized carbons (Fsp3) is 0.500. The second-order valence-corrected chi connectivity index (χ2v) is 4.54. The monoisotopic (exact) mass is 248 g/mol. The molecule has 1 unspecified atom stereocenters. The molecule has 1 aromatic carbocycles. The second kappa shape index (κ2) is 5.08. The van der Waals surface area contributed by atoms with Gasteiger partial charge < -0.3 is 14.2 Å². The van der Waals surface area contributed by atoms with Crippen molar-refractivity contribution in [1.29, 1.82) is 0 Å². The van der Waals surface area contributed by atoms with Gasteiger partial charge in [-0.05, 0) is 24.5 Å². The summed E-state index contributed by atoms with van der Waals surface area (Å²) in [5.41, 5.74) is 1.74. The molecule has 4 heteroatoms. The van der Waals surface area contributed by atoms with Crippen LogP contribution >= 0.6 is 0 Å². The number of ketones is 1. The van der Waals surface area contributed by atoms with Crippen molar-refractivity contribution < 1.29 is 19.0 Å². The van der Waals surface area contributed by atoms with Gasteiger partial charge in [0.25, 0.3) is 0 Å². The molecule has 2 aliphatic rings. The molecule has 1 fully saturated rings. The number of hydrogen-bond acceptors (Lipinski definition) is 4.